The second-order valence-corrected chi connectivity index (χ2v) is 5.05. The third kappa shape index (κ3) is 3.96. The van der Waals surface area contributed by atoms with Crippen LogP contribution < -0.4 is 10.9 Å². The molecule has 0 atom stereocenters. The molecule has 0 aliphatic carbocycles. The summed E-state index contributed by atoms with van der Waals surface area (Å²) in [6.07, 6.45) is -2.36. The van der Waals surface area contributed by atoms with Crippen molar-refractivity contribution < 1.29 is 18.0 Å². The summed E-state index contributed by atoms with van der Waals surface area (Å²) in [5.74, 6) is -0.739. The topological polar surface area (TPSA) is 81.8 Å². The van der Waals surface area contributed by atoms with Crippen molar-refractivity contribution in [2.24, 2.45) is 0 Å². The molecule has 0 saturated carbocycles. The fraction of sp³-hybridized carbons (Fsp3) is 0.385. The minimum atomic E-state index is -4.56. The molecule has 2 aromatic rings. The predicted molar refractivity (Wildman–Crippen MR) is 75.1 cm³/mol. The molecule has 7 nitrogen and oxygen atoms in total. The summed E-state index contributed by atoms with van der Waals surface area (Å²) in [5, 5.41) is 6.28. The van der Waals surface area contributed by atoms with E-state index in [9.17, 15) is 22.8 Å². The highest BCUT2D eigenvalue weighted by Gasteiger charge is 2.29. The molecular formula is C13H14F3N5O2. The largest absolute Gasteiger partial charge is 0.406 e. The number of nitrogens with one attached hydrogen (secondary N) is 1. The van der Waals surface area contributed by atoms with Crippen molar-refractivity contribution in [1.29, 1.82) is 0 Å². The van der Waals surface area contributed by atoms with Gasteiger partial charge >= 0.3 is 6.18 Å². The number of alkyl halides is 3. The van der Waals surface area contributed by atoms with Crippen molar-refractivity contribution in [1.82, 2.24) is 19.3 Å². The summed E-state index contributed by atoms with van der Waals surface area (Å²) in [4.78, 5) is 28.0. The molecule has 10 heteroatoms. The van der Waals surface area contributed by atoms with E-state index in [1.807, 2.05) is 13.8 Å². The lowest BCUT2D eigenvalue weighted by Crippen LogP contribution is -2.33. The van der Waals surface area contributed by atoms with Crippen LogP contribution in [0.15, 0.2) is 29.5 Å². The Morgan fingerprint density at radius 2 is 2.09 bits per heavy atom. The van der Waals surface area contributed by atoms with E-state index >= 15 is 0 Å². The third-order valence-corrected chi connectivity index (χ3v) is 2.90. The molecule has 0 spiro atoms. The third-order valence-electron chi connectivity index (χ3n) is 2.90. The van der Waals surface area contributed by atoms with E-state index in [4.69, 9.17) is 0 Å². The molecule has 2 heterocycles. The molecule has 0 aromatic carbocycles. The molecule has 0 aliphatic rings. The molecule has 124 valence electrons. The van der Waals surface area contributed by atoms with Gasteiger partial charge in [0.15, 0.2) is 0 Å². The summed E-state index contributed by atoms with van der Waals surface area (Å²) in [6, 6.07) is 2.26. The summed E-state index contributed by atoms with van der Waals surface area (Å²) in [6.45, 7) is 2.15. The zero-order chi connectivity index (χ0) is 17.2. The van der Waals surface area contributed by atoms with Gasteiger partial charge in [0.2, 0.25) is 5.95 Å². The molecule has 1 N–H and O–H groups in total. The number of pyridine rings is 1. The number of aromatic nitrogens is 4. The molecule has 0 bridgehead atoms. The van der Waals surface area contributed by atoms with Crippen molar-refractivity contribution in [3.05, 3.63) is 40.6 Å². The van der Waals surface area contributed by atoms with Crippen molar-refractivity contribution in [2.45, 2.75) is 32.6 Å². The lowest BCUT2D eigenvalue weighted by Gasteiger charge is -2.12. The molecule has 0 radical (unpaired) electrons. The maximum Gasteiger partial charge on any atom is 0.406 e. The van der Waals surface area contributed by atoms with Gasteiger partial charge in [-0.1, -0.05) is 0 Å². The Kier molecular flexibility index (Phi) is 4.52. The van der Waals surface area contributed by atoms with Crippen LogP contribution in [0.2, 0.25) is 0 Å². The fourth-order valence-electron chi connectivity index (χ4n) is 1.91. The average Bonchev–Trinajstić information content (AvgIpc) is 2.87. The zero-order valence-corrected chi connectivity index (χ0v) is 12.3. The first-order valence-electron chi connectivity index (χ1n) is 6.66. The highest BCUT2D eigenvalue weighted by Crippen LogP contribution is 2.16. The average molecular weight is 329 g/mol. The fourth-order valence-corrected chi connectivity index (χ4v) is 1.91. The lowest BCUT2D eigenvalue weighted by atomic mass is 10.2. The van der Waals surface area contributed by atoms with Crippen molar-refractivity contribution in [3.8, 4) is 0 Å². The van der Waals surface area contributed by atoms with E-state index in [1.54, 1.807) is 0 Å². The first kappa shape index (κ1) is 16.7. The number of carbonyl (C=O) groups excluding carboxylic acids is 1. The first-order valence-corrected chi connectivity index (χ1v) is 6.66. The van der Waals surface area contributed by atoms with Crippen molar-refractivity contribution >= 4 is 11.9 Å². The second kappa shape index (κ2) is 6.23. The van der Waals surface area contributed by atoms with Gasteiger partial charge in [-0.05, 0) is 26.0 Å². The number of halogens is 3. The highest BCUT2D eigenvalue weighted by molar-refractivity contribution is 6.03. The Labute approximate surface area is 128 Å². The summed E-state index contributed by atoms with van der Waals surface area (Å²) in [5.41, 5.74) is -1.44. The van der Waals surface area contributed by atoms with Crippen LogP contribution >= 0.6 is 0 Å². The summed E-state index contributed by atoms with van der Waals surface area (Å²) < 4.78 is 39.1. The van der Waals surface area contributed by atoms with Crippen LogP contribution in [-0.2, 0) is 6.54 Å². The van der Waals surface area contributed by atoms with E-state index < -0.39 is 29.8 Å². The maximum absolute atomic E-state index is 12.4. The van der Waals surface area contributed by atoms with Gasteiger partial charge in [0.25, 0.3) is 11.5 Å². The van der Waals surface area contributed by atoms with Gasteiger partial charge in [0, 0.05) is 6.20 Å². The quantitative estimate of drug-likeness (QED) is 0.928. The number of carbonyl (C=O) groups is 1. The van der Waals surface area contributed by atoms with Crippen LogP contribution in [0.25, 0.3) is 0 Å². The molecular weight excluding hydrogens is 315 g/mol. The Morgan fingerprint density at radius 3 is 2.70 bits per heavy atom. The molecule has 0 saturated heterocycles. The lowest BCUT2D eigenvalue weighted by molar-refractivity contribution is -0.141. The van der Waals surface area contributed by atoms with Crippen molar-refractivity contribution in [2.75, 3.05) is 5.32 Å². The van der Waals surface area contributed by atoms with Crippen molar-refractivity contribution in [3.63, 3.8) is 0 Å². The SMILES string of the molecule is CC(C)n1ncnc1NC(=O)c1cccn(CC(F)(F)F)c1=O. The van der Waals surface area contributed by atoms with Crippen LogP contribution in [0.3, 0.4) is 0 Å². The molecule has 0 unspecified atom stereocenters. The number of nitrogens with zero attached hydrogens (tertiary/aromatic N) is 4. The maximum atomic E-state index is 12.4. The van der Waals surface area contributed by atoms with Crippen LogP contribution in [-0.4, -0.2) is 31.4 Å². The zero-order valence-electron chi connectivity index (χ0n) is 12.3. The normalized spacial score (nSPS) is 11.7. The minimum absolute atomic E-state index is 0.0922. The molecule has 2 aromatic heterocycles. The number of hydrogen-bond acceptors (Lipinski definition) is 4. The van der Waals surface area contributed by atoms with E-state index in [0.717, 1.165) is 12.3 Å². The van der Waals surface area contributed by atoms with E-state index in [0.29, 0.717) is 4.57 Å². The minimum Gasteiger partial charge on any atom is -0.306 e. The first-order chi connectivity index (χ1) is 10.7. The Hall–Kier alpha value is -2.65. The standard InChI is InChI=1S/C13H14F3N5O2/c1-8(2)21-12(17-7-18-21)19-10(22)9-4-3-5-20(11(9)23)6-13(14,15)16/h3-5,7-8H,6H2,1-2H3,(H,17,18,19,22). The van der Waals surface area contributed by atoms with Gasteiger partial charge in [-0.3, -0.25) is 14.9 Å². The van der Waals surface area contributed by atoms with Crippen LogP contribution in [0.4, 0.5) is 19.1 Å². The smallest absolute Gasteiger partial charge is 0.306 e. The van der Waals surface area contributed by atoms with Crippen LogP contribution in [0.1, 0.15) is 30.2 Å². The molecule has 0 fully saturated rings. The second-order valence-electron chi connectivity index (χ2n) is 5.05. The van der Waals surface area contributed by atoms with Crippen LogP contribution in [0.5, 0.6) is 0 Å². The molecule has 1 amide bonds. The predicted octanol–water partition coefficient (Wildman–Crippen LogP) is 1.84. The number of amides is 1. The Bertz CT molecular complexity index is 763. The van der Waals surface area contributed by atoms with E-state index in [1.165, 1.54) is 17.1 Å². The summed E-state index contributed by atoms with van der Waals surface area (Å²) >= 11 is 0. The Balaban J connectivity index is 2.28. The summed E-state index contributed by atoms with van der Waals surface area (Å²) in [7, 11) is 0. The number of hydrogen-bond donors (Lipinski definition) is 1. The highest BCUT2D eigenvalue weighted by atomic mass is 19.4. The molecule has 0 aliphatic heterocycles. The molecule has 2 rings (SSSR count). The van der Waals surface area contributed by atoms with Gasteiger partial charge in [-0.2, -0.15) is 23.3 Å². The van der Waals surface area contributed by atoms with Crippen LogP contribution in [0, 0.1) is 0 Å². The van der Waals surface area contributed by atoms with E-state index in [2.05, 4.69) is 15.4 Å². The number of rotatable bonds is 4. The number of anilines is 1. The van der Waals surface area contributed by atoms with Gasteiger partial charge in [-0.25, -0.2) is 4.68 Å². The monoisotopic (exact) mass is 329 g/mol. The van der Waals surface area contributed by atoms with E-state index in [-0.39, 0.29) is 12.0 Å². The Morgan fingerprint density at radius 1 is 1.39 bits per heavy atom. The molecule has 23 heavy (non-hydrogen) atoms. The van der Waals surface area contributed by atoms with Gasteiger partial charge in [0.05, 0.1) is 6.04 Å². The van der Waals surface area contributed by atoms with Gasteiger partial charge in [-0.15, -0.1) is 0 Å². The van der Waals surface area contributed by atoms with Gasteiger partial charge < -0.3 is 4.57 Å². The van der Waals surface area contributed by atoms with Gasteiger partial charge in [0.1, 0.15) is 18.4 Å².